The lowest BCUT2D eigenvalue weighted by molar-refractivity contribution is 1.18. The summed E-state index contributed by atoms with van der Waals surface area (Å²) < 4.78 is 0. The lowest BCUT2D eigenvalue weighted by Crippen LogP contribution is -1.97. The molecular weight excluding hydrogens is 735 g/mol. The summed E-state index contributed by atoms with van der Waals surface area (Å²) in [4.78, 5) is 34.8. The predicted octanol–water partition coefficient (Wildman–Crippen LogP) is 12.5. The summed E-state index contributed by atoms with van der Waals surface area (Å²) in [6.07, 6.45) is 3.60. The molecule has 0 saturated carbocycles. The van der Waals surface area contributed by atoms with Gasteiger partial charge in [-0.05, 0) is 59.7 Å². The number of hydrogen-bond acceptors (Lipinski definition) is 7. The van der Waals surface area contributed by atoms with Crippen LogP contribution in [-0.2, 0) is 0 Å². The number of pyridine rings is 3. The van der Waals surface area contributed by atoms with Crippen LogP contribution in [0, 0.1) is 0 Å². The van der Waals surface area contributed by atoms with Crippen LogP contribution in [0.4, 0.5) is 0 Å². The first-order valence-electron chi connectivity index (χ1n) is 19.7. The third kappa shape index (κ3) is 7.71. The highest BCUT2D eigenvalue weighted by Crippen LogP contribution is 2.34. The molecule has 5 aromatic heterocycles. The Morgan fingerprint density at radius 1 is 0.200 bits per heavy atom. The van der Waals surface area contributed by atoms with Crippen molar-refractivity contribution in [2.75, 3.05) is 0 Å². The molecule has 10 rings (SSSR count). The van der Waals surface area contributed by atoms with E-state index < -0.39 is 0 Å². The van der Waals surface area contributed by atoms with Crippen molar-refractivity contribution in [3.05, 3.63) is 213 Å². The molecule has 0 N–H and O–H groups in total. The second kappa shape index (κ2) is 16.3. The molecule has 5 aromatic carbocycles. The van der Waals surface area contributed by atoms with Gasteiger partial charge in [0.15, 0.2) is 11.6 Å². The first-order chi connectivity index (χ1) is 29.7. The van der Waals surface area contributed by atoms with E-state index in [4.69, 9.17) is 29.9 Å². The fourth-order valence-electron chi connectivity index (χ4n) is 7.17. The molecule has 0 aliphatic heterocycles. The normalized spacial score (nSPS) is 11.0. The maximum absolute atomic E-state index is 5.13. The van der Waals surface area contributed by atoms with E-state index in [0.29, 0.717) is 23.0 Å². The van der Waals surface area contributed by atoms with Gasteiger partial charge in [0, 0.05) is 45.8 Å². The van der Waals surface area contributed by atoms with Crippen LogP contribution in [0.15, 0.2) is 213 Å². The minimum Gasteiger partial charge on any atom is -0.255 e. The van der Waals surface area contributed by atoms with Gasteiger partial charge in [0.2, 0.25) is 0 Å². The maximum atomic E-state index is 5.13. The molecule has 0 aliphatic rings. The van der Waals surface area contributed by atoms with Gasteiger partial charge in [-0.2, -0.15) is 0 Å². The highest BCUT2D eigenvalue weighted by molar-refractivity contribution is 5.79. The van der Waals surface area contributed by atoms with Crippen molar-refractivity contribution in [1.82, 2.24) is 34.9 Å². The zero-order valence-electron chi connectivity index (χ0n) is 32.3. The first-order valence-corrected chi connectivity index (χ1v) is 19.7. The van der Waals surface area contributed by atoms with Gasteiger partial charge in [-0.15, -0.1) is 0 Å². The highest BCUT2D eigenvalue weighted by Gasteiger charge is 2.16. The molecule has 282 valence electrons. The van der Waals surface area contributed by atoms with E-state index in [1.165, 1.54) is 0 Å². The molecule has 10 aromatic rings. The van der Waals surface area contributed by atoms with Crippen LogP contribution in [0.25, 0.3) is 102 Å². The Morgan fingerprint density at radius 2 is 0.600 bits per heavy atom. The predicted molar refractivity (Wildman–Crippen MR) is 240 cm³/mol. The van der Waals surface area contributed by atoms with Crippen molar-refractivity contribution in [3.63, 3.8) is 0 Å². The van der Waals surface area contributed by atoms with Crippen molar-refractivity contribution in [2.24, 2.45) is 0 Å². The minimum atomic E-state index is 0.653. The quantitative estimate of drug-likeness (QED) is 0.144. The number of nitrogens with zero attached hydrogens (tertiary/aromatic N) is 7. The van der Waals surface area contributed by atoms with Gasteiger partial charge >= 0.3 is 0 Å². The van der Waals surface area contributed by atoms with Crippen LogP contribution < -0.4 is 0 Å². The lowest BCUT2D eigenvalue weighted by Gasteiger charge is -2.12. The van der Waals surface area contributed by atoms with E-state index in [2.05, 4.69) is 83.8 Å². The van der Waals surface area contributed by atoms with E-state index in [1.54, 1.807) is 6.20 Å². The second-order valence-corrected chi connectivity index (χ2v) is 14.2. The summed E-state index contributed by atoms with van der Waals surface area (Å²) in [6.45, 7) is 0. The Hall–Kier alpha value is -8.29. The Bertz CT molecular complexity index is 2940. The third-order valence-electron chi connectivity index (χ3n) is 10.2. The average molecular weight is 770 g/mol. The highest BCUT2D eigenvalue weighted by atomic mass is 14.9. The molecule has 0 bridgehead atoms. The van der Waals surface area contributed by atoms with Crippen molar-refractivity contribution < 1.29 is 0 Å². The lowest BCUT2D eigenvalue weighted by atomic mass is 10.00. The monoisotopic (exact) mass is 769 g/mol. The summed E-state index contributed by atoms with van der Waals surface area (Å²) in [5, 5.41) is 0. The smallest absolute Gasteiger partial charge is 0.160 e. The zero-order valence-corrected chi connectivity index (χ0v) is 32.3. The second-order valence-electron chi connectivity index (χ2n) is 14.2. The SMILES string of the molecule is c1ccc(-c2cc(-c3ccccc3)nc(-c3ccc(-c4cc(-c5ccccn5)nc(-c5cc(-c6cc(-c7ccccc7)nc(-c7ccccc7)n6)ccn5)c4)cc3)n2)cc1. The number of benzene rings is 5. The van der Waals surface area contributed by atoms with E-state index in [9.17, 15) is 0 Å². The summed E-state index contributed by atoms with van der Waals surface area (Å²) in [5.74, 6) is 1.31. The van der Waals surface area contributed by atoms with Gasteiger partial charge in [0.25, 0.3) is 0 Å². The third-order valence-corrected chi connectivity index (χ3v) is 10.2. The van der Waals surface area contributed by atoms with Gasteiger partial charge in [-0.1, -0.05) is 152 Å². The van der Waals surface area contributed by atoms with Crippen molar-refractivity contribution in [1.29, 1.82) is 0 Å². The van der Waals surface area contributed by atoms with Crippen LogP contribution in [0.1, 0.15) is 0 Å². The van der Waals surface area contributed by atoms with Crippen molar-refractivity contribution in [3.8, 4) is 102 Å². The molecule has 0 radical (unpaired) electrons. The zero-order chi connectivity index (χ0) is 40.1. The van der Waals surface area contributed by atoms with E-state index in [-0.39, 0.29) is 0 Å². The molecule has 0 amide bonds. The summed E-state index contributed by atoms with van der Waals surface area (Å²) in [7, 11) is 0. The molecule has 60 heavy (non-hydrogen) atoms. The molecule has 0 aliphatic carbocycles. The van der Waals surface area contributed by atoms with Gasteiger partial charge in [-0.25, -0.2) is 24.9 Å². The average Bonchev–Trinajstić information content (AvgIpc) is 3.35. The van der Waals surface area contributed by atoms with E-state index in [1.807, 2.05) is 128 Å². The number of rotatable bonds is 9. The van der Waals surface area contributed by atoms with Crippen molar-refractivity contribution >= 4 is 0 Å². The van der Waals surface area contributed by atoms with Crippen LogP contribution >= 0.6 is 0 Å². The molecule has 0 fully saturated rings. The largest absolute Gasteiger partial charge is 0.255 e. The van der Waals surface area contributed by atoms with E-state index >= 15 is 0 Å². The Labute approximate surface area is 347 Å². The molecule has 7 nitrogen and oxygen atoms in total. The standard InChI is InChI=1S/C53H35N7/c1-5-15-37(16-6-1)45-34-46(38-17-7-2-8-18-38)59-53(58-45)41-26-24-36(25-27-41)43-32-50(44-23-13-14-29-54-44)56-51(33-43)49-31-42(28-30-55-49)48-35-47(39-19-9-3-10-20-39)57-52(60-48)40-21-11-4-12-22-40/h1-35H. The Balaban J connectivity index is 1.05. The minimum absolute atomic E-state index is 0.653. The van der Waals surface area contributed by atoms with Gasteiger partial charge < -0.3 is 0 Å². The molecular formula is C53H35N7. The summed E-state index contributed by atoms with van der Waals surface area (Å²) in [6, 6.07) is 67.2. The van der Waals surface area contributed by atoms with Crippen LogP contribution in [0.5, 0.6) is 0 Å². The molecule has 5 heterocycles. The van der Waals surface area contributed by atoms with Crippen molar-refractivity contribution in [2.45, 2.75) is 0 Å². The maximum Gasteiger partial charge on any atom is 0.160 e. The summed E-state index contributed by atoms with van der Waals surface area (Å²) in [5.41, 5.74) is 14.1. The van der Waals surface area contributed by atoms with Gasteiger partial charge in [0.05, 0.1) is 45.6 Å². The molecule has 7 heteroatoms. The molecule has 0 spiro atoms. The van der Waals surface area contributed by atoms with Gasteiger partial charge in [-0.3, -0.25) is 9.97 Å². The topological polar surface area (TPSA) is 90.2 Å². The van der Waals surface area contributed by atoms with Crippen LogP contribution in [0.3, 0.4) is 0 Å². The fraction of sp³-hybridized carbons (Fsp3) is 0. The fourth-order valence-corrected chi connectivity index (χ4v) is 7.17. The Kier molecular flexibility index (Phi) is 9.79. The van der Waals surface area contributed by atoms with Gasteiger partial charge in [0.1, 0.15) is 0 Å². The Morgan fingerprint density at radius 3 is 1.10 bits per heavy atom. The molecule has 0 saturated heterocycles. The number of hydrogen-bond donors (Lipinski definition) is 0. The van der Waals surface area contributed by atoms with Crippen LogP contribution in [-0.4, -0.2) is 34.9 Å². The van der Waals surface area contributed by atoms with E-state index in [0.717, 1.165) is 78.7 Å². The number of aromatic nitrogens is 7. The summed E-state index contributed by atoms with van der Waals surface area (Å²) >= 11 is 0. The first kappa shape index (κ1) is 36.1. The molecule has 0 atom stereocenters. The molecule has 0 unspecified atom stereocenters. The van der Waals surface area contributed by atoms with Crippen LogP contribution in [0.2, 0.25) is 0 Å².